The molecule has 1 heterocycles. The molecule has 1 saturated heterocycles. The molecule has 0 spiro atoms. The Kier molecular flexibility index (Phi) is 7.23. The summed E-state index contributed by atoms with van der Waals surface area (Å²) in [6, 6.07) is 28.8. The summed E-state index contributed by atoms with van der Waals surface area (Å²) in [5.74, 6) is 0.525. The third-order valence-corrected chi connectivity index (χ3v) is 6.61. The molecule has 1 amide bonds. The van der Waals surface area contributed by atoms with Crippen molar-refractivity contribution in [2.45, 2.75) is 31.2 Å². The minimum atomic E-state index is -0.0804. The number of benzene rings is 3. The Morgan fingerprint density at radius 3 is 2.34 bits per heavy atom. The summed E-state index contributed by atoms with van der Waals surface area (Å²) >= 11 is 0. The van der Waals surface area contributed by atoms with Crippen molar-refractivity contribution in [2.24, 2.45) is 0 Å². The lowest BCUT2D eigenvalue weighted by Crippen LogP contribution is -2.41. The fourth-order valence-electron chi connectivity index (χ4n) is 4.79. The quantitative estimate of drug-likeness (QED) is 0.573. The third kappa shape index (κ3) is 5.20. The van der Waals surface area contributed by atoms with E-state index < -0.39 is 0 Å². The van der Waals surface area contributed by atoms with Crippen LogP contribution in [-0.4, -0.2) is 37.6 Å². The number of hydrogen-bond donors (Lipinski definition) is 1. The molecule has 3 aromatic carbocycles. The Labute approximate surface area is 191 Å². The highest BCUT2D eigenvalue weighted by molar-refractivity contribution is 5.96. The number of methoxy groups -OCH3 is 1. The van der Waals surface area contributed by atoms with E-state index in [1.165, 1.54) is 11.1 Å². The van der Waals surface area contributed by atoms with Crippen molar-refractivity contribution in [1.29, 1.82) is 0 Å². The first kappa shape index (κ1) is 22.1. The Hall–Kier alpha value is -3.11. The highest BCUT2D eigenvalue weighted by Crippen LogP contribution is 2.35. The first-order chi connectivity index (χ1) is 15.7. The zero-order valence-electron chi connectivity index (χ0n) is 18.8. The topological polar surface area (TPSA) is 41.6 Å². The van der Waals surface area contributed by atoms with Gasteiger partial charge >= 0.3 is 0 Å². The standard InChI is InChI=1S/C28H32N2O2/c1-32-26-16-9-8-15-25(26)27(31)29-22-28(24-13-6-3-7-14-24)17-10-19-30(20-18-28)21-23-11-4-2-5-12-23/h2-9,11-16H,10,17-22H2,1H3,(H,29,31). The molecule has 4 heteroatoms. The monoisotopic (exact) mass is 428 g/mol. The summed E-state index contributed by atoms with van der Waals surface area (Å²) in [5.41, 5.74) is 3.16. The lowest BCUT2D eigenvalue weighted by Gasteiger charge is -2.34. The maximum atomic E-state index is 13.0. The fourth-order valence-corrected chi connectivity index (χ4v) is 4.79. The van der Waals surface area contributed by atoms with Crippen molar-refractivity contribution < 1.29 is 9.53 Å². The van der Waals surface area contributed by atoms with Crippen molar-refractivity contribution in [3.63, 3.8) is 0 Å². The molecule has 0 saturated carbocycles. The van der Waals surface area contributed by atoms with Gasteiger partial charge in [0, 0.05) is 18.5 Å². The lowest BCUT2D eigenvalue weighted by molar-refractivity contribution is 0.0937. The molecule has 1 N–H and O–H groups in total. The number of ether oxygens (including phenoxy) is 1. The summed E-state index contributed by atoms with van der Waals surface area (Å²) in [4.78, 5) is 15.6. The number of carbonyl (C=O) groups excluding carboxylic acids is 1. The molecule has 3 aromatic rings. The molecule has 1 aliphatic rings. The molecule has 0 radical (unpaired) electrons. The van der Waals surface area contributed by atoms with Crippen LogP contribution in [0.1, 0.15) is 40.7 Å². The van der Waals surface area contributed by atoms with E-state index in [1.54, 1.807) is 7.11 Å². The molecule has 1 unspecified atom stereocenters. The van der Waals surface area contributed by atoms with Crippen LogP contribution in [0.4, 0.5) is 0 Å². The predicted molar refractivity (Wildman–Crippen MR) is 129 cm³/mol. The van der Waals surface area contributed by atoms with Crippen LogP contribution < -0.4 is 10.1 Å². The normalized spacial score (nSPS) is 19.2. The third-order valence-electron chi connectivity index (χ3n) is 6.61. The van der Waals surface area contributed by atoms with E-state index in [9.17, 15) is 4.79 Å². The van der Waals surface area contributed by atoms with E-state index in [0.29, 0.717) is 17.9 Å². The van der Waals surface area contributed by atoms with Gasteiger partial charge in [0.05, 0.1) is 12.7 Å². The predicted octanol–water partition coefficient (Wildman–Crippen LogP) is 5.05. The number of carbonyl (C=O) groups is 1. The van der Waals surface area contributed by atoms with Gasteiger partial charge in [-0.1, -0.05) is 72.8 Å². The summed E-state index contributed by atoms with van der Waals surface area (Å²) in [7, 11) is 1.60. The molecule has 1 aliphatic heterocycles. The van der Waals surface area contributed by atoms with E-state index in [4.69, 9.17) is 4.74 Å². The van der Waals surface area contributed by atoms with E-state index >= 15 is 0 Å². The second kappa shape index (κ2) is 10.5. The van der Waals surface area contributed by atoms with E-state index in [0.717, 1.165) is 38.9 Å². The number of rotatable bonds is 7. The van der Waals surface area contributed by atoms with Crippen LogP contribution in [0, 0.1) is 0 Å². The summed E-state index contributed by atoms with van der Waals surface area (Å²) in [5, 5.41) is 3.24. The average Bonchev–Trinajstić information content (AvgIpc) is 3.06. The summed E-state index contributed by atoms with van der Waals surface area (Å²) < 4.78 is 5.39. The molecule has 4 nitrogen and oxygen atoms in total. The van der Waals surface area contributed by atoms with Crippen molar-refractivity contribution in [3.05, 3.63) is 102 Å². The lowest BCUT2D eigenvalue weighted by atomic mass is 9.74. The zero-order valence-corrected chi connectivity index (χ0v) is 18.8. The van der Waals surface area contributed by atoms with Gasteiger partial charge < -0.3 is 10.1 Å². The molecular weight excluding hydrogens is 396 g/mol. The van der Waals surface area contributed by atoms with Crippen molar-refractivity contribution in [1.82, 2.24) is 10.2 Å². The van der Waals surface area contributed by atoms with Crippen LogP contribution in [0.5, 0.6) is 5.75 Å². The van der Waals surface area contributed by atoms with Crippen molar-refractivity contribution in [2.75, 3.05) is 26.7 Å². The molecular formula is C28H32N2O2. The van der Waals surface area contributed by atoms with Crippen LogP contribution in [0.25, 0.3) is 0 Å². The Bertz CT molecular complexity index is 1010. The number of likely N-dealkylation sites (tertiary alicyclic amines) is 1. The van der Waals surface area contributed by atoms with Crippen LogP contribution in [-0.2, 0) is 12.0 Å². The fraction of sp³-hybridized carbons (Fsp3) is 0.321. The highest BCUT2D eigenvalue weighted by atomic mass is 16.5. The first-order valence-electron chi connectivity index (χ1n) is 11.4. The summed E-state index contributed by atoms with van der Waals surface area (Å²) in [6.45, 7) is 3.67. The van der Waals surface area contributed by atoms with Gasteiger partial charge in [-0.3, -0.25) is 9.69 Å². The molecule has 32 heavy (non-hydrogen) atoms. The van der Waals surface area contributed by atoms with Gasteiger partial charge in [-0.15, -0.1) is 0 Å². The van der Waals surface area contributed by atoms with Gasteiger partial charge in [0.25, 0.3) is 5.91 Å². The Morgan fingerprint density at radius 2 is 1.59 bits per heavy atom. The smallest absolute Gasteiger partial charge is 0.255 e. The van der Waals surface area contributed by atoms with E-state index in [2.05, 4.69) is 70.9 Å². The second-order valence-corrected chi connectivity index (χ2v) is 8.64. The molecule has 166 valence electrons. The highest BCUT2D eigenvalue weighted by Gasteiger charge is 2.35. The van der Waals surface area contributed by atoms with Gasteiger partial charge in [-0.2, -0.15) is 0 Å². The summed E-state index contributed by atoms with van der Waals surface area (Å²) in [6.07, 6.45) is 3.16. The zero-order chi connectivity index (χ0) is 22.2. The van der Waals surface area contributed by atoms with Gasteiger partial charge in [-0.05, 0) is 55.6 Å². The van der Waals surface area contributed by atoms with Gasteiger partial charge in [0.2, 0.25) is 0 Å². The minimum absolute atomic E-state index is 0.0790. The molecule has 1 atom stereocenters. The van der Waals surface area contributed by atoms with Crippen molar-refractivity contribution >= 4 is 5.91 Å². The largest absolute Gasteiger partial charge is 0.496 e. The molecule has 0 aromatic heterocycles. The molecule has 1 fully saturated rings. The van der Waals surface area contributed by atoms with E-state index in [1.807, 2.05) is 24.3 Å². The SMILES string of the molecule is COc1ccccc1C(=O)NCC1(c2ccccc2)CCCN(Cc2ccccc2)CC1. The van der Waals surface area contributed by atoms with Crippen LogP contribution in [0.2, 0.25) is 0 Å². The minimum Gasteiger partial charge on any atom is -0.496 e. The Morgan fingerprint density at radius 1 is 0.906 bits per heavy atom. The van der Waals surface area contributed by atoms with Crippen LogP contribution in [0.15, 0.2) is 84.9 Å². The number of para-hydroxylation sites is 1. The van der Waals surface area contributed by atoms with Gasteiger partial charge in [0.1, 0.15) is 5.75 Å². The molecule has 0 bridgehead atoms. The maximum absolute atomic E-state index is 13.0. The molecule has 0 aliphatic carbocycles. The number of nitrogens with zero attached hydrogens (tertiary/aromatic N) is 1. The Balaban J connectivity index is 1.51. The van der Waals surface area contributed by atoms with Crippen molar-refractivity contribution in [3.8, 4) is 5.75 Å². The second-order valence-electron chi connectivity index (χ2n) is 8.64. The number of hydrogen-bond acceptors (Lipinski definition) is 3. The molecule has 4 rings (SSSR count). The average molecular weight is 429 g/mol. The van der Waals surface area contributed by atoms with Crippen LogP contribution >= 0.6 is 0 Å². The maximum Gasteiger partial charge on any atom is 0.255 e. The number of nitrogens with one attached hydrogen (secondary N) is 1. The number of amides is 1. The van der Waals surface area contributed by atoms with Crippen LogP contribution in [0.3, 0.4) is 0 Å². The first-order valence-corrected chi connectivity index (χ1v) is 11.4. The van der Waals surface area contributed by atoms with Gasteiger partial charge in [-0.25, -0.2) is 0 Å². The van der Waals surface area contributed by atoms with E-state index in [-0.39, 0.29) is 11.3 Å². The van der Waals surface area contributed by atoms with Gasteiger partial charge in [0.15, 0.2) is 0 Å².